The van der Waals surface area contributed by atoms with Crippen LogP contribution in [0.4, 0.5) is 0 Å². The second kappa shape index (κ2) is 6.93. The van der Waals surface area contributed by atoms with Gasteiger partial charge in [0.05, 0.1) is 28.8 Å². The minimum absolute atomic E-state index is 0.131. The van der Waals surface area contributed by atoms with E-state index in [1.54, 1.807) is 42.3 Å². The smallest absolute Gasteiger partial charge is 0.224 e. The number of aliphatic hydroxyl groups excluding tert-OH is 1. The Morgan fingerprint density at radius 2 is 2.19 bits per heavy atom. The molecule has 2 N–H and O–H groups in total. The molecule has 112 valence electrons. The fourth-order valence-corrected chi connectivity index (χ4v) is 2.16. The quantitative estimate of drug-likeness (QED) is 0.883. The minimum Gasteiger partial charge on any atom is -0.386 e. The summed E-state index contributed by atoms with van der Waals surface area (Å²) in [7, 11) is 1.76. The molecule has 1 aromatic heterocycles. The largest absolute Gasteiger partial charge is 0.386 e. The second-order valence-corrected chi connectivity index (χ2v) is 5.51. The van der Waals surface area contributed by atoms with Crippen LogP contribution in [-0.2, 0) is 18.3 Å². The van der Waals surface area contributed by atoms with Crippen LogP contribution in [0.3, 0.4) is 0 Å². The van der Waals surface area contributed by atoms with Crippen LogP contribution in [0, 0.1) is 0 Å². The molecule has 0 bridgehead atoms. The van der Waals surface area contributed by atoms with E-state index in [1.165, 1.54) is 0 Å². The van der Waals surface area contributed by atoms with Crippen molar-refractivity contribution in [2.24, 2.45) is 7.05 Å². The molecule has 7 heteroatoms. The fraction of sp³-hybridized carbons (Fsp3) is 0.286. The summed E-state index contributed by atoms with van der Waals surface area (Å²) in [5.74, 6) is -0.198. The van der Waals surface area contributed by atoms with Crippen LogP contribution in [0.1, 0.15) is 17.2 Å². The van der Waals surface area contributed by atoms with Gasteiger partial charge < -0.3 is 10.4 Å². The Labute approximate surface area is 132 Å². The van der Waals surface area contributed by atoms with Crippen molar-refractivity contribution in [3.63, 3.8) is 0 Å². The van der Waals surface area contributed by atoms with Gasteiger partial charge in [-0.1, -0.05) is 29.3 Å². The molecule has 1 heterocycles. The number of hydrogen-bond donors (Lipinski definition) is 2. The molecule has 1 atom stereocenters. The van der Waals surface area contributed by atoms with E-state index in [1.807, 2.05) is 0 Å². The van der Waals surface area contributed by atoms with Gasteiger partial charge in [-0.15, -0.1) is 0 Å². The molecule has 0 spiro atoms. The van der Waals surface area contributed by atoms with Crippen molar-refractivity contribution in [3.05, 3.63) is 51.8 Å². The summed E-state index contributed by atoms with van der Waals surface area (Å²) in [6, 6.07) is 5.04. The number of nitrogens with zero attached hydrogens (tertiary/aromatic N) is 2. The predicted molar refractivity (Wildman–Crippen MR) is 81.3 cm³/mol. The number of halogens is 2. The molecule has 0 saturated heterocycles. The molecule has 21 heavy (non-hydrogen) atoms. The van der Waals surface area contributed by atoms with Gasteiger partial charge in [0.15, 0.2) is 0 Å². The highest BCUT2D eigenvalue weighted by Gasteiger charge is 2.12. The zero-order valence-electron chi connectivity index (χ0n) is 11.4. The first-order valence-electron chi connectivity index (χ1n) is 6.33. The molecule has 0 radical (unpaired) electrons. The molecule has 0 aliphatic rings. The number of amides is 1. The van der Waals surface area contributed by atoms with Crippen LogP contribution in [0.2, 0.25) is 10.0 Å². The van der Waals surface area contributed by atoms with Crippen LogP contribution in [0.15, 0.2) is 30.6 Å². The molecular formula is C14H15Cl2N3O2. The number of hydrogen-bond acceptors (Lipinski definition) is 3. The first-order chi connectivity index (χ1) is 9.95. The number of benzene rings is 1. The number of carbonyl (C=O) groups excluding carboxylic acids is 1. The van der Waals surface area contributed by atoms with E-state index in [9.17, 15) is 9.90 Å². The second-order valence-electron chi connectivity index (χ2n) is 4.69. The van der Waals surface area contributed by atoms with E-state index >= 15 is 0 Å². The van der Waals surface area contributed by atoms with Gasteiger partial charge in [0.1, 0.15) is 0 Å². The van der Waals surface area contributed by atoms with Crippen molar-refractivity contribution >= 4 is 29.1 Å². The van der Waals surface area contributed by atoms with Gasteiger partial charge in [0, 0.05) is 25.4 Å². The van der Waals surface area contributed by atoms with Gasteiger partial charge in [-0.25, -0.2) is 0 Å². The summed E-state index contributed by atoms with van der Waals surface area (Å²) in [4.78, 5) is 11.8. The van der Waals surface area contributed by atoms with Crippen LogP contribution < -0.4 is 5.32 Å². The molecule has 2 aromatic rings. The molecular weight excluding hydrogens is 313 g/mol. The Hall–Kier alpha value is -1.56. The lowest BCUT2D eigenvalue weighted by atomic mass is 10.1. The van der Waals surface area contributed by atoms with E-state index < -0.39 is 6.10 Å². The zero-order valence-corrected chi connectivity index (χ0v) is 12.9. The highest BCUT2D eigenvalue weighted by Crippen LogP contribution is 2.22. The van der Waals surface area contributed by atoms with Gasteiger partial charge in [0.25, 0.3) is 0 Å². The lowest BCUT2D eigenvalue weighted by molar-refractivity contribution is -0.120. The van der Waals surface area contributed by atoms with E-state index in [0.29, 0.717) is 15.6 Å². The van der Waals surface area contributed by atoms with E-state index in [4.69, 9.17) is 23.2 Å². The van der Waals surface area contributed by atoms with Crippen LogP contribution >= 0.6 is 23.2 Å². The monoisotopic (exact) mass is 327 g/mol. The number of aromatic nitrogens is 2. The topological polar surface area (TPSA) is 67.2 Å². The SMILES string of the molecule is Cn1cc([C@H](O)CNC(=O)Cc2ccc(Cl)c(Cl)c2)cn1. The molecule has 5 nitrogen and oxygen atoms in total. The molecule has 0 fully saturated rings. The number of aryl methyl sites for hydroxylation is 1. The summed E-state index contributed by atoms with van der Waals surface area (Å²) in [5.41, 5.74) is 1.42. The molecule has 0 unspecified atom stereocenters. The number of aliphatic hydroxyl groups is 1. The standard InChI is InChI=1S/C14H15Cl2N3O2/c1-19-8-10(6-18-19)13(20)7-17-14(21)5-9-2-3-11(15)12(16)4-9/h2-4,6,8,13,20H,5,7H2,1H3,(H,17,21)/t13-/m1/s1. The first kappa shape index (κ1) is 15.8. The Bertz CT molecular complexity index is 643. The lowest BCUT2D eigenvalue weighted by Crippen LogP contribution is -2.29. The van der Waals surface area contributed by atoms with Crippen LogP contribution in [0.25, 0.3) is 0 Å². The Morgan fingerprint density at radius 1 is 1.43 bits per heavy atom. The van der Waals surface area contributed by atoms with Gasteiger partial charge in [-0.05, 0) is 17.7 Å². The van der Waals surface area contributed by atoms with Gasteiger partial charge in [-0.3, -0.25) is 9.48 Å². The third kappa shape index (κ3) is 4.46. The lowest BCUT2D eigenvalue weighted by Gasteiger charge is -2.10. The Kier molecular flexibility index (Phi) is 5.22. The van der Waals surface area contributed by atoms with Crippen LogP contribution in [-0.4, -0.2) is 27.3 Å². The van der Waals surface area contributed by atoms with Crippen LogP contribution in [0.5, 0.6) is 0 Å². The Balaban J connectivity index is 1.85. The third-order valence-electron chi connectivity index (χ3n) is 2.95. The van der Waals surface area contributed by atoms with E-state index in [2.05, 4.69) is 10.4 Å². The average molecular weight is 328 g/mol. The Morgan fingerprint density at radius 3 is 2.81 bits per heavy atom. The van der Waals surface area contributed by atoms with Crippen molar-refractivity contribution < 1.29 is 9.90 Å². The van der Waals surface area contributed by atoms with Crippen molar-refractivity contribution in [1.29, 1.82) is 0 Å². The summed E-state index contributed by atoms with van der Waals surface area (Å²) in [5, 5.41) is 17.4. The maximum absolute atomic E-state index is 11.8. The highest BCUT2D eigenvalue weighted by atomic mass is 35.5. The van der Waals surface area contributed by atoms with Crippen molar-refractivity contribution in [1.82, 2.24) is 15.1 Å². The zero-order chi connectivity index (χ0) is 15.4. The van der Waals surface area contributed by atoms with Gasteiger partial charge >= 0.3 is 0 Å². The molecule has 0 aliphatic carbocycles. The normalized spacial score (nSPS) is 12.2. The number of carbonyl (C=O) groups is 1. The summed E-state index contributed by atoms with van der Waals surface area (Å²) in [6.45, 7) is 0.131. The van der Waals surface area contributed by atoms with Crippen molar-refractivity contribution in [2.45, 2.75) is 12.5 Å². The molecule has 1 aromatic carbocycles. The molecule has 1 amide bonds. The summed E-state index contributed by atoms with van der Waals surface area (Å²) in [6.07, 6.45) is 2.67. The maximum Gasteiger partial charge on any atom is 0.224 e. The van der Waals surface area contributed by atoms with Crippen molar-refractivity contribution in [3.8, 4) is 0 Å². The first-order valence-corrected chi connectivity index (χ1v) is 7.08. The van der Waals surface area contributed by atoms with Gasteiger partial charge in [0.2, 0.25) is 5.91 Å². The highest BCUT2D eigenvalue weighted by molar-refractivity contribution is 6.42. The number of rotatable bonds is 5. The van der Waals surface area contributed by atoms with E-state index in [0.717, 1.165) is 5.56 Å². The fourth-order valence-electron chi connectivity index (χ4n) is 1.84. The minimum atomic E-state index is -0.781. The summed E-state index contributed by atoms with van der Waals surface area (Å²) < 4.78 is 1.59. The maximum atomic E-state index is 11.8. The molecule has 2 rings (SSSR count). The van der Waals surface area contributed by atoms with E-state index in [-0.39, 0.29) is 18.9 Å². The number of nitrogens with one attached hydrogen (secondary N) is 1. The third-order valence-corrected chi connectivity index (χ3v) is 3.69. The summed E-state index contributed by atoms with van der Waals surface area (Å²) >= 11 is 11.7. The average Bonchev–Trinajstić information content (AvgIpc) is 2.87. The molecule has 0 aliphatic heterocycles. The molecule has 0 saturated carbocycles. The van der Waals surface area contributed by atoms with Crippen molar-refractivity contribution in [2.75, 3.05) is 6.54 Å². The van der Waals surface area contributed by atoms with Gasteiger partial charge in [-0.2, -0.15) is 5.10 Å². The predicted octanol–water partition coefficient (Wildman–Crippen LogP) is 2.12.